The van der Waals surface area contributed by atoms with E-state index >= 15 is 0 Å². The maximum Gasteiger partial charge on any atom is 0.335 e. The third-order valence-corrected chi connectivity index (χ3v) is 2.51. The predicted octanol–water partition coefficient (Wildman–Crippen LogP) is 1.07. The van der Waals surface area contributed by atoms with Gasteiger partial charge >= 0.3 is 5.97 Å². The summed E-state index contributed by atoms with van der Waals surface area (Å²) in [5, 5.41) is 15.5. The third-order valence-electron chi connectivity index (χ3n) is 2.51. The van der Waals surface area contributed by atoms with Gasteiger partial charge in [-0.25, -0.2) is 9.78 Å². The Morgan fingerprint density at radius 2 is 2.16 bits per heavy atom. The van der Waals surface area contributed by atoms with Gasteiger partial charge < -0.3 is 10.4 Å². The van der Waals surface area contributed by atoms with Crippen molar-refractivity contribution in [1.29, 1.82) is 0 Å². The smallest absolute Gasteiger partial charge is 0.335 e. The number of carbonyl (C=O) groups is 2. The number of aromatic carboxylic acids is 1. The number of anilines is 1. The zero-order valence-electron chi connectivity index (χ0n) is 10.4. The Morgan fingerprint density at radius 3 is 2.74 bits per heavy atom. The van der Waals surface area contributed by atoms with Crippen LogP contribution in [-0.2, 0) is 7.05 Å². The van der Waals surface area contributed by atoms with E-state index in [1.807, 2.05) is 0 Å². The fourth-order valence-corrected chi connectivity index (χ4v) is 1.64. The second kappa shape index (κ2) is 4.89. The number of carbonyl (C=O) groups excluding carboxylic acids is 1. The van der Waals surface area contributed by atoms with Gasteiger partial charge in [0.1, 0.15) is 5.82 Å². The lowest BCUT2D eigenvalue weighted by atomic mass is 10.2. The highest BCUT2D eigenvalue weighted by atomic mass is 16.4. The Balaban J connectivity index is 2.21. The zero-order chi connectivity index (χ0) is 14.0. The second-order valence-corrected chi connectivity index (χ2v) is 3.99. The lowest BCUT2D eigenvalue weighted by molar-refractivity contribution is 0.0696. The molecule has 2 heterocycles. The molecule has 0 aliphatic heterocycles. The molecule has 0 atom stereocenters. The van der Waals surface area contributed by atoms with Crippen molar-refractivity contribution in [2.24, 2.45) is 7.05 Å². The van der Waals surface area contributed by atoms with E-state index in [1.165, 1.54) is 23.0 Å². The fourth-order valence-electron chi connectivity index (χ4n) is 1.64. The Kier molecular flexibility index (Phi) is 3.28. The van der Waals surface area contributed by atoms with Crippen molar-refractivity contribution >= 4 is 17.7 Å². The van der Waals surface area contributed by atoms with Gasteiger partial charge in [-0.05, 0) is 19.1 Å². The van der Waals surface area contributed by atoms with Gasteiger partial charge in [-0.1, -0.05) is 0 Å². The van der Waals surface area contributed by atoms with Crippen molar-refractivity contribution in [3.8, 4) is 0 Å². The number of rotatable bonds is 3. The number of aryl methyl sites for hydroxylation is 2. The predicted molar refractivity (Wildman–Crippen MR) is 67.1 cm³/mol. The number of aromatic nitrogens is 3. The lowest BCUT2D eigenvalue weighted by Gasteiger charge is -2.03. The molecule has 0 bridgehead atoms. The summed E-state index contributed by atoms with van der Waals surface area (Å²) in [4.78, 5) is 26.7. The van der Waals surface area contributed by atoms with Crippen LogP contribution in [0.1, 0.15) is 26.4 Å². The molecule has 2 aromatic heterocycles. The van der Waals surface area contributed by atoms with E-state index in [2.05, 4.69) is 15.4 Å². The molecule has 0 saturated carbocycles. The van der Waals surface area contributed by atoms with Crippen LogP contribution in [-0.4, -0.2) is 31.7 Å². The van der Waals surface area contributed by atoms with Crippen LogP contribution in [0.4, 0.5) is 5.82 Å². The highest BCUT2D eigenvalue weighted by Crippen LogP contribution is 2.11. The average molecular weight is 260 g/mol. The summed E-state index contributed by atoms with van der Waals surface area (Å²) in [6.45, 7) is 1.72. The number of nitrogens with one attached hydrogen (secondary N) is 1. The van der Waals surface area contributed by atoms with E-state index in [4.69, 9.17) is 5.11 Å². The highest BCUT2D eigenvalue weighted by molar-refractivity contribution is 6.04. The van der Waals surface area contributed by atoms with Gasteiger partial charge in [-0.15, -0.1) is 0 Å². The minimum absolute atomic E-state index is 0.0632. The molecule has 0 fully saturated rings. The first-order valence-corrected chi connectivity index (χ1v) is 5.48. The maximum atomic E-state index is 12.0. The third kappa shape index (κ3) is 2.76. The quantitative estimate of drug-likeness (QED) is 0.860. The van der Waals surface area contributed by atoms with Gasteiger partial charge in [0, 0.05) is 19.4 Å². The first-order valence-electron chi connectivity index (χ1n) is 5.48. The summed E-state index contributed by atoms with van der Waals surface area (Å²) < 4.78 is 1.53. The van der Waals surface area contributed by atoms with Crippen molar-refractivity contribution in [3.05, 3.63) is 41.3 Å². The maximum absolute atomic E-state index is 12.0. The molecule has 0 aliphatic carbocycles. The number of carboxylic acid groups (broad SMARTS) is 1. The van der Waals surface area contributed by atoms with Crippen molar-refractivity contribution < 1.29 is 14.7 Å². The Hall–Kier alpha value is -2.70. The van der Waals surface area contributed by atoms with Crippen LogP contribution < -0.4 is 5.32 Å². The van der Waals surface area contributed by atoms with Gasteiger partial charge in [0.05, 0.1) is 16.8 Å². The second-order valence-electron chi connectivity index (χ2n) is 3.99. The van der Waals surface area contributed by atoms with Crippen molar-refractivity contribution in [1.82, 2.24) is 14.8 Å². The molecular weight excluding hydrogens is 248 g/mol. The topological polar surface area (TPSA) is 97.1 Å². The number of hydrogen-bond donors (Lipinski definition) is 2. The van der Waals surface area contributed by atoms with E-state index in [0.717, 1.165) is 0 Å². The first kappa shape index (κ1) is 12.7. The van der Waals surface area contributed by atoms with Gasteiger partial charge in [-0.3, -0.25) is 9.48 Å². The van der Waals surface area contributed by atoms with E-state index in [0.29, 0.717) is 11.3 Å². The van der Waals surface area contributed by atoms with Crippen LogP contribution in [0.25, 0.3) is 0 Å². The molecule has 19 heavy (non-hydrogen) atoms. The molecule has 0 unspecified atom stereocenters. The van der Waals surface area contributed by atoms with Gasteiger partial charge in [0.25, 0.3) is 5.91 Å². The summed E-state index contributed by atoms with van der Waals surface area (Å²) in [6, 6.07) is 2.65. The molecule has 0 aliphatic rings. The van der Waals surface area contributed by atoms with E-state index in [9.17, 15) is 9.59 Å². The average Bonchev–Trinajstić information content (AvgIpc) is 2.69. The van der Waals surface area contributed by atoms with E-state index in [1.54, 1.807) is 20.2 Å². The Bertz CT molecular complexity index is 648. The molecule has 2 N–H and O–H groups in total. The summed E-state index contributed by atoms with van der Waals surface area (Å²) in [5.74, 6) is -1.26. The van der Waals surface area contributed by atoms with Gasteiger partial charge in [0.2, 0.25) is 0 Å². The number of nitrogens with zero attached hydrogens (tertiary/aromatic N) is 3. The summed E-state index contributed by atoms with van der Waals surface area (Å²) in [5.41, 5.74) is 1.08. The fraction of sp³-hybridized carbons (Fsp3) is 0.167. The molecule has 0 saturated heterocycles. The van der Waals surface area contributed by atoms with Crippen LogP contribution in [0.3, 0.4) is 0 Å². The van der Waals surface area contributed by atoms with Crippen LogP contribution in [0.2, 0.25) is 0 Å². The summed E-state index contributed by atoms with van der Waals surface area (Å²) in [7, 11) is 1.72. The largest absolute Gasteiger partial charge is 0.478 e. The SMILES string of the molecule is Cc1nn(C)cc1C(=O)Nc1cc(C(=O)O)ccn1. The van der Waals surface area contributed by atoms with Crippen molar-refractivity contribution in [3.63, 3.8) is 0 Å². The van der Waals surface area contributed by atoms with E-state index in [-0.39, 0.29) is 17.3 Å². The lowest BCUT2D eigenvalue weighted by Crippen LogP contribution is -2.14. The molecule has 7 nitrogen and oxygen atoms in total. The number of carboxylic acids is 1. The summed E-state index contributed by atoms with van der Waals surface area (Å²) in [6.07, 6.45) is 2.92. The van der Waals surface area contributed by atoms with Crippen LogP contribution in [0.5, 0.6) is 0 Å². The molecule has 0 spiro atoms. The van der Waals surface area contributed by atoms with Crippen LogP contribution in [0, 0.1) is 6.92 Å². The number of amides is 1. The van der Waals surface area contributed by atoms with Crippen molar-refractivity contribution in [2.75, 3.05) is 5.32 Å². The van der Waals surface area contributed by atoms with Crippen LogP contribution in [0.15, 0.2) is 24.5 Å². The highest BCUT2D eigenvalue weighted by Gasteiger charge is 2.14. The molecule has 2 aromatic rings. The summed E-state index contributed by atoms with van der Waals surface area (Å²) >= 11 is 0. The zero-order valence-corrected chi connectivity index (χ0v) is 10.4. The molecular formula is C12H12N4O3. The number of pyridine rings is 1. The minimum atomic E-state index is -1.07. The minimum Gasteiger partial charge on any atom is -0.478 e. The number of hydrogen-bond acceptors (Lipinski definition) is 4. The van der Waals surface area contributed by atoms with Crippen molar-refractivity contribution in [2.45, 2.75) is 6.92 Å². The molecule has 1 amide bonds. The monoisotopic (exact) mass is 260 g/mol. The van der Waals surface area contributed by atoms with Crippen LogP contribution >= 0.6 is 0 Å². The molecule has 2 rings (SSSR count). The first-order chi connectivity index (χ1) is 8.97. The van der Waals surface area contributed by atoms with Gasteiger partial charge in [-0.2, -0.15) is 5.10 Å². The molecule has 98 valence electrons. The molecule has 0 aromatic carbocycles. The Morgan fingerprint density at radius 1 is 1.42 bits per heavy atom. The molecule has 7 heteroatoms. The standard InChI is InChI=1S/C12H12N4O3/c1-7-9(6-16(2)15-7)11(17)14-10-5-8(12(18)19)3-4-13-10/h3-6H,1-2H3,(H,18,19)(H,13,14,17). The normalized spacial score (nSPS) is 10.2. The Labute approximate surface area is 108 Å². The van der Waals surface area contributed by atoms with Gasteiger partial charge in [0.15, 0.2) is 0 Å². The van der Waals surface area contributed by atoms with E-state index < -0.39 is 5.97 Å². The molecule has 0 radical (unpaired) electrons.